The van der Waals surface area contributed by atoms with E-state index in [2.05, 4.69) is 20.2 Å². The summed E-state index contributed by atoms with van der Waals surface area (Å²) in [4.78, 5) is 42.8. The summed E-state index contributed by atoms with van der Waals surface area (Å²) in [6.45, 7) is 0.315. The number of β-lactam (4-membered cyclic amide) rings is 1. The van der Waals surface area contributed by atoms with E-state index < -0.39 is 44.9 Å². The second-order valence-electron chi connectivity index (χ2n) is 7.19. The Balaban J connectivity index is 1.58. The summed E-state index contributed by atoms with van der Waals surface area (Å²) in [5.41, 5.74) is 5.05. The zero-order valence-electron chi connectivity index (χ0n) is 18.6. The van der Waals surface area contributed by atoms with Crippen molar-refractivity contribution < 1.29 is 33.1 Å². The molecule has 36 heavy (non-hydrogen) atoms. The minimum absolute atomic E-state index is 0.0545. The molecule has 0 saturated carbocycles. The molecule has 0 aliphatic carbocycles. The molecule has 6 N–H and O–H groups in total. The van der Waals surface area contributed by atoms with Gasteiger partial charge in [0.05, 0.1) is 6.26 Å². The maximum Gasteiger partial charge on any atom is 0.353 e. The predicted octanol–water partition coefficient (Wildman–Crippen LogP) is 0.129. The molecular formula is C18H22N6O7S5. The number of thioether (sulfide) groups is 3. The van der Waals surface area contributed by atoms with Crippen LogP contribution in [0.1, 0.15) is 5.69 Å². The number of rotatable bonds is 12. The summed E-state index contributed by atoms with van der Waals surface area (Å²) in [5.74, 6) is -1.20. The lowest BCUT2D eigenvalue weighted by atomic mass is 10.0. The number of sulfonamides is 1. The molecule has 1 unspecified atom stereocenters. The van der Waals surface area contributed by atoms with Gasteiger partial charge in [-0.05, 0) is 5.41 Å². The fourth-order valence-corrected chi connectivity index (χ4v) is 7.36. The van der Waals surface area contributed by atoms with Gasteiger partial charge in [-0.1, -0.05) is 23.0 Å². The van der Waals surface area contributed by atoms with Crippen molar-refractivity contribution in [1.82, 2.24) is 19.9 Å². The predicted molar refractivity (Wildman–Crippen MR) is 141 cm³/mol. The number of thiazole rings is 1. The number of nitrogens with two attached hydrogens (primary N) is 1. The molecule has 1 aromatic rings. The van der Waals surface area contributed by atoms with Crippen molar-refractivity contribution in [1.29, 1.82) is 0 Å². The Morgan fingerprint density at radius 2 is 2.19 bits per heavy atom. The van der Waals surface area contributed by atoms with E-state index in [9.17, 15) is 33.1 Å². The second-order valence-corrected chi connectivity index (χ2v) is 13.2. The SMILES string of the molecule is CS(=O)(=O)NCCSC/C=C\SC1=C(C(=O)O)N2C(=O)C(NC(=O)/C(=N\O)c3csc(N)n3)[C@H]2SC1. The van der Waals surface area contributed by atoms with Gasteiger partial charge in [0.25, 0.3) is 11.8 Å². The number of fused-ring (bicyclic) bond motifs is 1. The smallest absolute Gasteiger partial charge is 0.353 e. The molecule has 1 aromatic heterocycles. The van der Waals surface area contributed by atoms with Crippen LogP contribution in [-0.4, -0.2) is 93.6 Å². The number of amides is 2. The molecule has 2 atom stereocenters. The van der Waals surface area contributed by atoms with Crippen LogP contribution in [0.5, 0.6) is 0 Å². The van der Waals surface area contributed by atoms with Crippen molar-refractivity contribution >= 4 is 85.3 Å². The van der Waals surface area contributed by atoms with Gasteiger partial charge in [0.1, 0.15) is 22.8 Å². The molecule has 3 heterocycles. The van der Waals surface area contributed by atoms with Crippen molar-refractivity contribution in [2.45, 2.75) is 11.4 Å². The molecule has 18 heteroatoms. The molecule has 1 fully saturated rings. The second kappa shape index (κ2) is 12.3. The first-order chi connectivity index (χ1) is 17.0. The molecule has 2 aliphatic heterocycles. The van der Waals surface area contributed by atoms with Crippen LogP contribution in [-0.2, 0) is 24.4 Å². The van der Waals surface area contributed by atoms with Gasteiger partial charge in [-0.25, -0.2) is 22.9 Å². The first kappa shape index (κ1) is 28.3. The largest absolute Gasteiger partial charge is 0.477 e. The fraction of sp³-hybridized carbons (Fsp3) is 0.389. The number of carbonyl (C=O) groups is 3. The van der Waals surface area contributed by atoms with E-state index in [4.69, 9.17) is 5.73 Å². The van der Waals surface area contributed by atoms with E-state index in [0.717, 1.165) is 22.5 Å². The van der Waals surface area contributed by atoms with Gasteiger partial charge in [0.15, 0.2) is 10.8 Å². The molecule has 0 bridgehead atoms. The zero-order chi connectivity index (χ0) is 26.5. The van der Waals surface area contributed by atoms with Crippen molar-refractivity contribution in [3.8, 4) is 0 Å². The number of nitrogens with one attached hydrogen (secondary N) is 2. The molecular weight excluding hydrogens is 573 g/mol. The highest BCUT2D eigenvalue weighted by atomic mass is 32.2. The summed E-state index contributed by atoms with van der Waals surface area (Å²) in [6, 6.07) is -0.997. The molecule has 0 radical (unpaired) electrons. The van der Waals surface area contributed by atoms with Gasteiger partial charge >= 0.3 is 5.97 Å². The molecule has 2 amide bonds. The van der Waals surface area contributed by atoms with E-state index >= 15 is 0 Å². The first-order valence-corrected chi connectivity index (χ1v) is 15.9. The number of carbonyl (C=O) groups excluding carboxylic acids is 2. The van der Waals surface area contributed by atoms with Crippen molar-refractivity contribution in [3.63, 3.8) is 0 Å². The number of aromatic nitrogens is 1. The highest BCUT2D eigenvalue weighted by molar-refractivity contribution is 8.08. The maximum absolute atomic E-state index is 12.8. The van der Waals surface area contributed by atoms with Crippen LogP contribution in [0.3, 0.4) is 0 Å². The van der Waals surface area contributed by atoms with Crippen molar-refractivity contribution in [2.24, 2.45) is 5.16 Å². The van der Waals surface area contributed by atoms with Gasteiger partial charge in [-0.3, -0.25) is 14.5 Å². The lowest BCUT2D eigenvalue weighted by Crippen LogP contribution is -2.71. The number of anilines is 1. The third kappa shape index (κ3) is 6.94. The lowest BCUT2D eigenvalue weighted by Gasteiger charge is -2.49. The van der Waals surface area contributed by atoms with Gasteiger partial charge in [-0.2, -0.15) is 11.8 Å². The van der Waals surface area contributed by atoms with Gasteiger partial charge in [-0.15, -0.1) is 23.1 Å². The number of hydrogen-bond acceptors (Lipinski definition) is 13. The number of carboxylic acid groups (broad SMARTS) is 1. The standard InChI is InChI=1S/C18H22N6O7S5/c1-36(30,31)20-3-6-32-4-2-5-33-10-8-34-16-12(15(26)24(16)13(10)17(27)28)22-14(25)11(23-29)9-7-35-18(19)21-9/h2,5,7,12,16,20,29H,3-4,6,8H2,1H3,(H2,19,21)(H,22,25)(H,27,28)/b5-2-,23-11-/t12?,16-/m1/s1. The van der Waals surface area contributed by atoms with Crippen LogP contribution in [0.4, 0.5) is 5.13 Å². The molecule has 0 spiro atoms. The fourth-order valence-electron chi connectivity index (χ4n) is 3.12. The average molecular weight is 595 g/mol. The van der Waals surface area contributed by atoms with Crippen LogP contribution in [0.25, 0.3) is 0 Å². The quantitative estimate of drug-likeness (QED) is 0.0720. The van der Waals surface area contributed by atoms with Gasteiger partial charge in [0.2, 0.25) is 10.0 Å². The minimum atomic E-state index is -3.22. The Kier molecular flexibility index (Phi) is 9.70. The van der Waals surface area contributed by atoms with Gasteiger partial charge in [0, 0.05) is 34.1 Å². The Morgan fingerprint density at radius 1 is 1.44 bits per heavy atom. The number of aliphatic carboxylic acids is 1. The average Bonchev–Trinajstić information content (AvgIpc) is 3.23. The molecule has 196 valence electrons. The highest BCUT2D eigenvalue weighted by Crippen LogP contribution is 2.43. The van der Waals surface area contributed by atoms with E-state index in [-0.39, 0.29) is 16.5 Å². The van der Waals surface area contributed by atoms with Crippen LogP contribution in [0, 0.1) is 0 Å². The summed E-state index contributed by atoms with van der Waals surface area (Å²) in [5, 5.41) is 27.1. The van der Waals surface area contributed by atoms with Crippen molar-refractivity contribution in [2.75, 3.05) is 35.8 Å². The number of carboxylic acids is 1. The lowest BCUT2D eigenvalue weighted by molar-refractivity contribution is -0.150. The summed E-state index contributed by atoms with van der Waals surface area (Å²) in [7, 11) is -3.22. The summed E-state index contributed by atoms with van der Waals surface area (Å²) < 4.78 is 24.4. The van der Waals surface area contributed by atoms with E-state index in [1.165, 1.54) is 40.7 Å². The molecule has 2 aliphatic rings. The molecule has 13 nitrogen and oxygen atoms in total. The number of nitrogen functional groups attached to an aromatic ring is 1. The third-order valence-corrected chi connectivity index (χ3v) is 9.37. The van der Waals surface area contributed by atoms with Crippen LogP contribution >= 0.6 is 46.6 Å². The van der Waals surface area contributed by atoms with E-state index in [1.807, 2.05) is 6.08 Å². The topological polar surface area (TPSA) is 204 Å². The number of hydrogen-bond donors (Lipinski definition) is 5. The van der Waals surface area contributed by atoms with Crippen molar-refractivity contribution in [3.05, 3.63) is 33.2 Å². The summed E-state index contributed by atoms with van der Waals surface area (Å²) in [6.07, 6.45) is 2.91. The molecule has 3 rings (SSSR count). The Bertz CT molecular complexity index is 1230. The number of oxime groups is 1. The zero-order valence-corrected chi connectivity index (χ0v) is 22.7. The third-order valence-electron chi connectivity index (χ3n) is 4.63. The Morgan fingerprint density at radius 3 is 2.81 bits per heavy atom. The van der Waals surface area contributed by atoms with Gasteiger partial charge < -0.3 is 21.4 Å². The van der Waals surface area contributed by atoms with Crippen LogP contribution in [0.2, 0.25) is 0 Å². The normalized spacial score (nSPS) is 20.4. The number of nitrogens with zero attached hydrogens (tertiary/aromatic N) is 3. The molecule has 1 saturated heterocycles. The maximum atomic E-state index is 12.8. The Hall–Kier alpha value is -2.25. The minimum Gasteiger partial charge on any atom is -0.477 e. The summed E-state index contributed by atoms with van der Waals surface area (Å²) >= 11 is 5.04. The first-order valence-electron chi connectivity index (χ1n) is 10.0. The van der Waals surface area contributed by atoms with E-state index in [1.54, 1.807) is 5.41 Å². The molecule has 0 aromatic carbocycles. The monoisotopic (exact) mass is 594 g/mol. The van der Waals surface area contributed by atoms with E-state index in [0.29, 0.717) is 28.7 Å². The highest BCUT2D eigenvalue weighted by Gasteiger charge is 2.54. The Labute approximate surface area is 223 Å². The van der Waals surface area contributed by atoms with Crippen LogP contribution in [0.15, 0.2) is 32.6 Å². The van der Waals surface area contributed by atoms with Crippen LogP contribution < -0.4 is 15.8 Å².